The Morgan fingerprint density at radius 2 is 1.56 bits per heavy atom. The van der Waals surface area contributed by atoms with Crippen molar-refractivity contribution in [1.29, 1.82) is 0 Å². The standard InChI is InChI=1S/C25H23Cl2FN2O2/c1-29-25(32)23(14-17-5-3-2-4-6-17)30(16-19-9-12-21(26)22(27)13-19)24(31)15-18-7-10-20(28)11-8-18/h2-13,23H,14-16H2,1H3,(H,29,32)/t23-/m1/s1. The van der Waals surface area contributed by atoms with E-state index >= 15 is 0 Å². The SMILES string of the molecule is CNC(=O)[C@@H](Cc1ccccc1)N(Cc1ccc(Cl)c(Cl)c1)C(=O)Cc1ccc(F)cc1. The summed E-state index contributed by atoms with van der Waals surface area (Å²) in [5, 5.41) is 3.45. The number of carbonyl (C=O) groups is 2. The van der Waals surface area contributed by atoms with Gasteiger partial charge in [0.15, 0.2) is 0 Å². The van der Waals surface area contributed by atoms with E-state index in [9.17, 15) is 14.0 Å². The predicted octanol–water partition coefficient (Wildman–Crippen LogP) is 5.06. The molecule has 1 N–H and O–H groups in total. The Morgan fingerprint density at radius 1 is 0.906 bits per heavy atom. The van der Waals surface area contributed by atoms with E-state index in [4.69, 9.17) is 23.2 Å². The summed E-state index contributed by atoms with van der Waals surface area (Å²) in [5.41, 5.74) is 2.33. The van der Waals surface area contributed by atoms with Gasteiger partial charge in [-0.1, -0.05) is 71.7 Å². The van der Waals surface area contributed by atoms with Gasteiger partial charge in [-0.15, -0.1) is 0 Å². The largest absolute Gasteiger partial charge is 0.357 e. The van der Waals surface area contributed by atoms with Crippen LogP contribution in [0, 0.1) is 5.82 Å². The van der Waals surface area contributed by atoms with Crippen molar-refractivity contribution < 1.29 is 14.0 Å². The molecule has 0 spiro atoms. The highest BCUT2D eigenvalue weighted by atomic mass is 35.5. The molecule has 7 heteroatoms. The van der Waals surface area contributed by atoms with Crippen LogP contribution >= 0.6 is 23.2 Å². The average molecular weight is 473 g/mol. The lowest BCUT2D eigenvalue weighted by Gasteiger charge is -2.31. The zero-order valence-electron chi connectivity index (χ0n) is 17.5. The van der Waals surface area contributed by atoms with Crippen molar-refractivity contribution in [3.05, 3.63) is 105 Å². The van der Waals surface area contributed by atoms with E-state index < -0.39 is 6.04 Å². The number of rotatable bonds is 8. The first kappa shape index (κ1) is 23.8. The summed E-state index contributed by atoms with van der Waals surface area (Å²) < 4.78 is 13.3. The first-order valence-electron chi connectivity index (χ1n) is 10.1. The minimum Gasteiger partial charge on any atom is -0.357 e. The predicted molar refractivity (Wildman–Crippen MR) is 125 cm³/mol. The van der Waals surface area contributed by atoms with Crippen LogP contribution in [0.15, 0.2) is 72.8 Å². The van der Waals surface area contributed by atoms with Crippen LogP contribution in [0.1, 0.15) is 16.7 Å². The van der Waals surface area contributed by atoms with Crippen LogP contribution in [0.3, 0.4) is 0 Å². The molecule has 166 valence electrons. The number of hydrogen-bond acceptors (Lipinski definition) is 2. The molecule has 0 aliphatic rings. The van der Waals surface area contributed by atoms with Crippen molar-refractivity contribution in [3.63, 3.8) is 0 Å². The quantitative estimate of drug-likeness (QED) is 0.497. The zero-order valence-corrected chi connectivity index (χ0v) is 19.0. The molecule has 0 heterocycles. The van der Waals surface area contributed by atoms with Crippen molar-refractivity contribution in [1.82, 2.24) is 10.2 Å². The molecule has 3 aromatic rings. The van der Waals surface area contributed by atoms with Gasteiger partial charge in [0.25, 0.3) is 0 Å². The van der Waals surface area contributed by atoms with E-state index in [0.717, 1.165) is 11.1 Å². The van der Waals surface area contributed by atoms with Gasteiger partial charge in [0.2, 0.25) is 11.8 Å². The number of carbonyl (C=O) groups excluding carboxylic acids is 2. The molecule has 3 rings (SSSR count). The van der Waals surface area contributed by atoms with Gasteiger partial charge in [0, 0.05) is 20.0 Å². The Kier molecular flexibility index (Phi) is 8.26. The molecule has 1 atom stereocenters. The number of hydrogen-bond donors (Lipinski definition) is 1. The van der Waals surface area contributed by atoms with Gasteiger partial charge in [-0.3, -0.25) is 9.59 Å². The summed E-state index contributed by atoms with van der Waals surface area (Å²) in [4.78, 5) is 27.8. The smallest absolute Gasteiger partial charge is 0.242 e. The summed E-state index contributed by atoms with van der Waals surface area (Å²) in [6, 6.07) is 19.6. The Hall–Kier alpha value is -2.89. The fourth-order valence-corrected chi connectivity index (χ4v) is 3.75. The number of amides is 2. The monoisotopic (exact) mass is 472 g/mol. The van der Waals surface area contributed by atoms with Crippen molar-refractivity contribution in [3.8, 4) is 0 Å². The number of nitrogens with zero attached hydrogens (tertiary/aromatic N) is 1. The maximum Gasteiger partial charge on any atom is 0.242 e. The molecule has 32 heavy (non-hydrogen) atoms. The van der Waals surface area contributed by atoms with E-state index in [0.29, 0.717) is 22.0 Å². The lowest BCUT2D eigenvalue weighted by Crippen LogP contribution is -2.50. The summed E-state index contributed by atoms with van der Waals surface area (Å²) in [7, 11) is 1.54. The third-order valence-corrected chi connectivity index (χ3v) is 5.86. The lowest BCUT2D eigenvalue weighted by atomic mass is 10.0. The molecule has 0 unspecified atom stereocenters. The van der Waals surface area contributed by atoms with Gasteiger partial charge in [-0.05, 0) is 41.0 Å². The summed E-state index contributed by atoms with van der Waals surface area (Å²) in [6.45, 7) is 0.168. The van der Waals surface area contributed by atoms with E-state index in [1.807, 2.05) is 30.3 Å². The van der Waals surface area contributed by atoms with Gasteiger partial charge in [-0.25, -0.2) is 4.39 Å². The molecule has 0 aliphatic heterocycles. The maximum atomic E-state index is 13.4. The molecule has 0 aliphatic carbocycles. The molecule has 0 bridgehead atoms. The first-order valence-corrected chi connectivity index (χ1v) is 10.9. The van der Waals surface area contributed by atoms with Crippen LogP contribution in [0.5, 0.6) is 0 Å². The van der Waals surface area contributed by atoms with Gasteiger partial charge in [-0.2, -0.15) is 0 Å². The molecular weight excluding hydrogens is 450 g/mol. The van der Waals surface area contributed by atoms with E-state index in [1.165, 1.54) is 17.0 Å². The fraction of sp³-hybridized carbons (Fsp3) is 0.200. The first-order chi connectivity index (χ1) is 15.4. The normalized spacial score (nSPS) is 11.6. The number of halogens is 3. The summed E-state index contributed by atoms with van der Waals surface area (Å²) in [5.74, 6) is -0.908. The van der Waals surface area contributed by atoms with Crippen molar-refractivity contribution in [2.45, 2.75) is 25.4 Å². The topological polar surface area (TPSA) is 49.4 Å². The van der Waals surface area contributed by atoms with Crippen LogP contribution in [-0.4, -0.2) is 29.8 Å². The van der Waals surface area contributed by atoms with Crippen molar-refractivity contribution in [2.24, 2.45) is 0 Å². The molecule has 0 aromatic heterocycles. The maximum absolute atomic E-state index is 13.4. The highest BCUT2D eigenvalue weighted by Gasteiger charge is 2.30. The van der Waals surface area contributed by atoms with Gasteiger partial charge < -0.3 is 10.2 Å². The third-order valence-electron chi connectivity index (χ3n) is 5.12. The molecule has 4 nitrogen and oxygen atoms in total. The van der Waals surface area contributed by atoms with E-state index in [-0.39, 0.29) is 30.6 Å². The minimum absolute atomic E-state index is 0.0316. The van der Waals surface area contributed by atoms with E-state index in [1.54, 1.807) is 37.4 Å². The second-order valence-electron chi connectivity index (χ2n) is 7.39. The highest BCUT2D eigenvalue weighted by molar-refractivity contribution is 6.42. The van der Waals surface area contributed by atoms with Gasteiger partial charge in [0.05, 0.1) is 16.5 Å². The lowest BCUT2D eigenvalue weighted by molar-refractivity contribution is -0.140. The molecule has 3 aromatic carbocycles. The molecule has 0 saturated carbocycles. The molecule has 0 fully saturated rings. The Morgan fingerprint density at radius 3 is 2.19 bits per heavy atom. The molecule has 0 saturated heterocycles. The van der Waals surface area contributed by atoms with Crippen molar-refractivity contribution >= 4 is 35.0 Å². The highest BCUT2D eigenvalue weighted by Crippen LogP contribution is 2.24. The fourth-order valence-electron chi connectivity index (χ4n) is 3.43. The Bertz CT molecular complexity index is 1080. The van der Waals surface area contributed by atoms with Crippen LogP contribution < -0.4 is 5.32 Å². The zero-order chi connectivity index (χ0) is 23.1. The third kappa shape index (κ3) is 6.31. The minimum atomic E-state index is -0.746. The average Bonchev–Trinajstić information content (AvgIpc) is 2.80. The number of benzene rings is 3. The molecule has 0 radical (unpaired) electrons. The Balaban J connectivity index is 1.94. The van der Waals surface area contributed by atoms with E-state index in [2.05, 4.69) is 5.32 Å². The number of nitrogens with one attached hydrogen (secondary N) is 1. The second kappa shape index (κ2) is 11.1. The van der Waals surface area contributed by atoms with Crippen LogP contribution in [-0.2, 0) is 29.0 Å². The number of likely N-dealkylation sites (N-methyl/N-ethyl adjacent to an activating group) is 1. The van der Waals surface area contributed by atoms with Crippen molar-refractivity contribution in [2.75, 3.05) is 7.05 Å². The van der Waals surface area contributed by atoms with Crippen LogP contribution in [0.2, 0.25) is 10.0 Å². The van der Waals surface area contributed by atoms with Gasteiger partial charge in [0.1, 0.15) is 11.9 Å². The van der Waals surface area contributed by atoms with Crippen LogP contribution in [0.4, 0.5) is 4.39 Å². The second-order valence-corrected chi connectivity index (χ2v) is 8.21. The van der Waals surface area contributed by atoms with Crippen LogP contribution in [0.25, 0.3) is 0 Å². The molecular formula is C25H23Cl2FN2O2. The summed E-state index contributed by atoms with van der Waals surface area (Å²) >= 11 is 12.2. The summed E-state index contributed by atoms with van der Waals surface area (Å²) in [6.07, 6.45) is 0.376. The van der Waals surface area contributed by atoms with Gasteiger partial charge >= 0.3 is 0 Å². The molecule has 2 amide bonds. The Labute approximate surface area is 197 Å².